The fraction of sp³-hybridized carbons (Fsp3) is 0.667. The van der Waals surface area contributed by atoms with Gasteiger partial charge in [-0.05, 0) is 30.4 Å². The summed E-state index contributed by atoms with van der Waals surface area (Å²) in [4.78, 5) is 12.6. The summed E-state index contributed by atoms with van der Waals surface area (Å²) in [5, 5.41) is 0. The molecule has 3 heteroatoms. The number of Topliss-reactive ketones (excluding diaryl/α,β-unsaturated/α-hetero) is 1. The SMILES string of the molecule is COC=C1CC=C[C@@H]([Si](C)(C)C)[C@]12CCCC2=O. The molecule has 100 valence electrons. The van der Waals surface area contributed by atoms with Crippen LogP contribution in [0.4, 0.5) is 0 Å². The highest BCUT2D eigenvalue weighted by atomic mass is 28.3. The van der Waals surface area contributed by atoms with Crippen molar-refractivity contribution < 1.29 is 9.53 Å². The number of hydrogen-bond acceptors (Lipinski definition) is 2. The molecule has 2 rings (SSSR count). The Balaban J connectivity index is 2.53. The maximum absolute atomic E-state index is 12.6. The van der Waals surface area contributed by atoms with Gasteiger partial charge in [-0.3, -0.25) is 4.79 Å². The first-order valence-corrected chi connectivity index (χ1v) is 10.4. The van der Waals surface area contributed by atoms with Gasteiger partial charge in [0.1, 0.15) is 5.78 Å². The van der Waals surface area contributed by atoms with Crippen LogP contribution in [0.15, 0.2) is 24.0 Å². The largest absolute Gasteiger partial charge is 0.504 e. The van der Waals surface area contributed by atoms with Gasteiger partial charge < -0.3 is 4.74 Å². The van der Waals surface area contributed by atoms with Crippen molar-refractivity contribution in [2.75, 3.05) is 7.11 Å². The van der Waals surface area contributed by atoms with Crippen LogP contribution in [0.25, 0.3) is 0 Å². The molecule has 1 saturated carbocycles. The number of rotatable bonds is 2. The summed E-state index contributed by atoms with van der Waals surface area (Å²) in [6, 6.07) is 0. The topological polar surface area (TPSA) is 26.3 Å². The Labute approximate surface area is 111 Å². The Morgan fingerprint density at radius 3 is 2.67 bits per heavy atom. The molecule has 2 aliphatic rings. The third kappa shape index (κ3) is 1.98. The molecule has 18 heavy (non-hydrogen) atoms. The Kier molecular flexibility index (Phi) is 3.54. The Hall–Kier alpha value is -0.833. The molecule has 2 atom stereocenters. The van der Waals surface area contributed by atoms with Gasteiger partial charge in [0.2, 0.25) is 0 Å². The lowest BCUT2D eigenvalue weighted by molar-refractivity contribution is -0.124. The number of ether oxygens (including phenoxy) is 1. The van der Waals surface area contributed by atoms with Crippen LogP contribution in [0.1, 0.15) is 25.7 Å². The normalized spacial score (nSPS) is 34.6. The summed E-state index contributed by atoms with van der Waals surface area (Å²) in [5.41, 5.74) is 1.41. The molecule has 0 heterocycles. The second-order valence-electron chi connectivity index (χ2n) is 6.60. The van der Waals surface area contributed by atoms with Crippen molar-refractivity contribution in [1.29, 1.82) is 0 Å². The molecule has 2 aliphatic carbocycles. The molecule has 0 radical (unpaired) electrons. The van der Waals surface area contributed by atoms with E-state index in [1.165, 1.54) is 5.57 Å². The van der Waals surface area contributed by atoms with Gasteiger partial charge in [0.05, 0.1) is 26.9 Å². The molecular formula is C15H24O2Si. The van der Waals surface area contributed by atoms with Crippen LogP contribution in [-0.2, 0) is 9.53 Å². The summed E-state index contributed by atoms with van der Waals surface area (Å²) in [6.45, 7) is 7.10. The van der Waals surface area contributed by atoms with Gasteiger partial charge in [-0.15, -0.1) is 0 Å². The van der Waals surface area contributed by atoms with Crippen LogP contribution in [0.3, 0.4) is 0 Å². The Morgan fingerprint density at radius 2 is 2.17 bits per heavy atom. The molecule has 0 aromatic carbocycles. The van der Waals surface area contributed by atoms with Crippen LogP contribution >= 0.6 is 0 Å². The highest BCUT2D eigenvalue weighted by Crippen LogP contribution is 2.57. The molecule has 0 aliphatic heterocycles. The lowest BCUT2D eigenvalue weighted by atomic mass is 9.71. The average molecular weight is 264 g/mol. The molecule has 0 saturated heterocycles. The number of carbonyl (C=O) groups is 1. The summed E-state index contributed by atoms with van der Waals surface area (Å²) in [7, 11) is 0.272. The first kappa shape index (κ1) is 13.6. The van der Waals surface area contributed by atoms with Crippen molar-refractivity contribution in [2.24, 2.45) is 5.41 Å². The lowest BCUT2D eigenvalue weighted by Gasteiger charge is -2.45. The van der Waals surface area contributed by atoms with Gasteiger partial charge >= 0.3 is 0 Å². The molecule has 0 aromatic heterocycles. The van der Waals surface area contributed by atoms with Crippen molar-refractivity contribution >= 4 is 13.9 Å². The molecule has 1 spiro atoms. The fourth-order valence-electron chi connectivity index (χ4n) is 3.76. The van der Waals surface area contributed by atoms with Crippen LogP contribution in [0.2, 0.25) is 25.2 Å². The number of carbonyl (C=O) groups excluding carboxylic acids is 1. The quantitative estimate of drug-likeness (QED) is 0.429. The standard InChI is InChI=1S/C15H24O2Si/c1-17-11-12-7-5-9-14(18(2,3)4)15(12)10-6-8-13(15)16/h5,9,11,14H,6-8,10H2,1-4H3/t14-,15-/m1/s1. The summed E-state index contributed by atoms with van der Waals surface area (Å²) in [5.74, 6) is 0.447. The van der Waals surface area contributed by atoms with Crippen LogP contribution in [0, 0.1) is 5.41 Å². The predicted molar refractivity (Wildman–Crippen MR) is 77.2 cm³/mol. The van der Waals surface area contributed by atoms with Crippen molar-refractivity contribution in [3.8, 4) is 0 Å². The molecule has 1 fully saturated rings. The van der Waals surface area contributed by atoms with E-state index in [0.717, 1.165) is 25.7 Å². The molecule has 2 nitrogen and oxygen atoms in total. The zero-order valence-electron chi connectivity index (χ0n) is 12.0. The van der Waals surface area contributed by atoms with Gasteiger partial charge in [-0.2, -0.15) is 0 Å². The molecule has 0 bridgehead atoms. The van der Waals surface area contributed by atoms with Crippen LogP contribution in [-0.4, -0.2) is 21.0 Å². The zero-order valence-corrected chi connectivity index (χ0v) is 13.0. The highest BCUT2D eigenvalue weighted by molar-refractivity contribution is 6.78. The van der Waals surface area contributed by atoms with Gasteiger partial charge in [0, 0.05) is 6.42 Å². The van der Waals surface area contributed by atoms with E-state index < -0.39 is 8.07 Å². The van der Waals surface area contributed by atoms with E-state index >= 15 is 0 Å². The smallest absolute Gasteiger partial charge is 0.143 e. The van der Waals surface area contributed by atoms with Crippen molar-refractivity contribution in [2.45, 2.75) is 50.9 Å². The Bertz CT molecular complexity index is 403. The summed E-state index contributed by atoms with van der Waals surface area (Å²) < 4.78 is 5.24. The van der Waals surface area contributed by atoms with E-state index in [2.05, 4.69) is 31.8 Å². The number of methoxy groups -OCH3 is 1. The second kappa shape index (κ2) is 4.69. The maximum atomic E-state index is 12.6. The van der Waals surface area contributed by atoms with E-state index in [0.29, 0.717) is 11.3 Å². The molecule has 0 aromatic rings. The van der Waals surface area contributed by atoms with E-state index in [4.69, 9.17) is 4.74 Å². The average Bonchev–Trinajstić information content (AvgIpc) is 2.63. The van der Waals surface area contributed by atoms with Crippen LogP contribution < -0.4 is 0 Å². The zero-order chi connectivity index (χ0) is 13.4. The minimum absolute atomic E-state index is 0.227. The van der Waals surface area contributed by atoms with Crippen molar-refractivity contribution in [3.63, 3.8) is 0 Å². The summed E-state index contributed by atoms with van der Waals surface area (Å²) in [6.07, 6.45) is 10.1. The van der Waals surface area contributed by atoms with Crippen molar-refractivity contribution in [3.05, 3.63) is 24.0 Å². The van der Waals surface area contributed by atoms with Gasteiger partial charge in [-0.1, -0.05) is 31.8 Å². The molecule has 0 unspecified atom stereocenters. The molecule has 0 N–H and O–H groups in total. The van der Waals surface area contributed by atoms with Crippen LogP contribution in [0.5, 0.6) is 0 Å². The fourth-order valence-corrected chi connectivity index (χ4v) is 6.44. The van der Waals surface area contributed by atoms with Crippen molar-refractivity contribution in [1.82, 2.24) is 0 Å². The predicted octanol–water partition coefficient (Wildman–Crippen LogP) is 3.92. The van der Waals surface area contributed by atoms with E-state index in [9.17, 15) is 4.79 Å². The molecule has 0 amide bonds. The van der Waals surface area contributed by atoms with Gasteiger partial charge in [0.15, 0.2) is 0 Å². The first-order chi connectivity index (χ1) is 8.43. The number of allylic oxidation sites excluding steroid dienone is 3. The first-order valence-electron chi connectivity index (χ1n) is 6.85. The highest BCUT2D eigenvalue weighted by Gasteiger charge is 2.54. The second-order valence-corrected chi connectivity index (χ2v) is 12.0. The van der Waals surface area contributed by atoms with Gasteiger partial charge in [0.25, 0.3) is 0 Å². The van der Waals surface area contributed by atoms with E-state index in [-0.39, 0.29) is 5.41 Å². The lowest BCUT2D eigenvalue weighted by Crippen LogP contribution is -2.45. The monoisotopic (exact) mass is 264 g/mol. The third-order valence-electron chi connectivity index (χ3n) is 4.44. The minimum atomic E-state index is -1.41. The number of hydrogen-bond donors (Lipinski definition) is 0. The summed E-state index contributed by atoms with van der Waals surface area (Å²) >= 11 is 0. The minimum Gasteiger partial charge on any atom is -0.504 e. The molecular weight excluding hydrogens is 240 g/mol. The van der Waals surface area contributed by atoms with E-state index in [1.54, 1.807) is 7.11 Å². The van der Waals surface area contributed by atoms with Gasteiger partial charge in [-0.25, -0.2) is 0 Å². The third-order valence-corrected chi connectivity index (χ3v) is 6.99. The Morgan fingerprint density at radius 1 is 1.44 bits per heavy atom. The maximum Gasteiger partial charge on any atom is 0.143 e. The number of ketones is 1. The van der Waals surface area contributed by atoms with E-state index in [1.807, 2.05) is 6.26 Å².